The van der Waals surface area contributed by atoms with Crippen molar-refractivity contribution in [1.29, 1.82) is 0 Å². The third-order valence-corrected chi connectivity index (χ3v) is 7.87. The monoisotopic (exact) mass is 594 g/mol. The molecular formula is C32H35ClN2O7. The van der Waals surface area contributed by atoms with Crippen molar-refractivity contribution in [2.75, 3.05) is 19.7 Å². The Hall–Kier alpha value is -3.47. The van der Waals surface area contributed by atoms with E-state index < -0.39 is 18.4 Å². The summed E-state index contributed by atoms with van der Waals surface area (Å²) in [5, 5.41) is 30.6. The van der Waals surface area contributed by atoms with Crippen LogP contribution in [0.5, 0.6) is 17.4 Å². The second kappa shape index (κ2) is 13.7. The van der Waals surface area contributed by atoms with Gasteiger partial charge in [0.25, 0.3) is 0 Å². The molecule has 5 rings (SSSR count). The maximum Gasteiger partial charge on any atom is 0.339 e. The van der Waals surface area contributed by atoms with Crippen molar-refractivity contribution in [3.8, 4) is 17.4 Å². The van der Waals surface area contributed by atoms with E-state index in [1.165, 1.54) is 0 Å². The minimum absolute atomic E-state index is 0.0905. The largest absolute Gasteiger partial charge is 0.479 e. The number of fused-ring (bicyclic) bond motifs is 2. The molecule has 10 heteroatoms. The molecule has 4 unspecified atom stereocenters. The Labute approximate surface area is 249 Å². The molecule has 2 aromatic carbocycles. The van der Waals surface area contributed by atoms with E-state index in [0.29, 0.717) is 40.8 Å². The fourth-order valence-corrected chi connectivity index (χ4v) is 5.64. The SMILES string of the molecule is CCOC(Oc1cccc2c1CC(=CCCN1CCC(O)CC1c1ccc(Cl)cc1)c1cccnc1O2)C(O)C(=O)O. The van der Waals surface area contributed by atoms with Gasteiger partial charge in [0, 0.05) is 54.5 Å². The maximum atomic E-state index is 11.5. The number of likely N-dealkylation sites (tertiary alicyclic amines) is 1. The minimum atomic E-state index is -1.86. The number of carboxylic acids is 1. The molecule has 42 heavy (non-hydrogen) atoms. The second-order valence-electron chi connectivity index (χ2n) is 10.4. The minimum Gasteiger partial charge on any atom is -0.479 e. The molecule has 9 nitrogen and oxygen atoms in total. The lowest BCUT2D eigenvalue weighted by molar-refractivity contribution is -0.177. The molecule has 0 bridgehead atoms. The van der Waals surface area contributed by atoms with Crippen LogP contribution in [-0.4, -0.2) is 69.4 Å². The lowest BCUT2D eigenvalue weighted by Gasteiger charge is -2.38. The number of pyridine rings is 1. The van der Waals surface area contributed by atoms with Crippen molar-refractivity contribution in [3.05, 3.63) is 88.6 Å². The average molecular weight is 595 g/mol. The van der Waals surface area contributed by atoms with Gasteiger partial charge in [0.15, 0.2) is 0 Å². The molecule has 2 aliphatic heterocycles. The molecule has 4 atom stereocenters. The molecule has 3 N–H and O–H groups in total. The van der Waals surface area contributed by atoms with E-state index in [9.17, 15) is 20.1 Å². The van der Waals surface area contributed by atoms with Gasteiger partial charge in [-0.15, -0.1) is 0 Å². The van der Waals surface area contributed by atoms with Crippen LogP contribution >= 0.6 is 11.6 Å². The molecular weight excluding hydrogens is 560 g/mol. The summed E-state index contributed by atoms with van der Waals surface area (Å²) < 4.78 is 17.6. The standard InChI is InChI=1S/C32H35ClN2O7/c1-2-40-32(29(37)31(38)39)42-28-9-3-8-27-25(28)18-21(24-7-4-15-34-30(24)41-27)6-5-16-35-17-14-23(36)19-26(35)20-10-12-22(33)13-11-20/h3-4,6-13,15,23,26,29,32,36-37H,2,5,14,16-19H2,1H3,(H,38,39). The molecule has 0 amide bonds. The number of piperidine rings is 1. The van der Waals surface area contributed by atoms with Gasteiger partial charge in [0.2, 0.25) is 18.3 Å². The number of aliphatic hydroxyl groups is 2. The summed E-state index contributed by atoms with van der Waals surface area (Å²) in [5.74, 6) is -0.0840. The van der Waals surface area contributed by atoms with Crippen LogP contribution in [0, 0.1) is 0 Å². The summed E-state index contributed by atoms with van der Waals surface area (Å²) in [5.41, 5.74) is 3.67. The number of aromatic nitrogens is 1. The highest BCUT2D eigenvalue weighted by atomic mass is 35.5. The maximum absolute atomic E-state index is 11.5. The van der Waals surface area contributed by atoms with Gasteiger partial charge in [-0.1, -0.05) is 35.9 Å². The Morgan fingerprint density at radius 1 is 1.21 bits per heavy atom. The van der Waals surface area contributed by atoms with E-state index in [4.69, 9.17) is 25.8 Å². The quantitative estimate of drug-likeness (QED) is 0.270. The van der Waals surface area contributed by atoms with Gasteiger partial charge < -0.3 is 29.5 Å². The number of allylic oxidation sites excluding steroid dienone is 1. The summed E-state index contributed by atoms with van der Waals surface area (Å²) in [7, 11) is 0. The van der Waals surface area contributed by atoms with E-state index >= 15 is 0 Å². The van der Waals surface area contributed by atoms with Crippen LogP contribution in [0.1, 0.15) is 48.9 Å². The third-order valence-electron chi connectivity index (χ3n) is 7.61. The molecule has 2 aliphatic rings. The molecule has 222 valence electrons. The fraction of sp³-hybridized carbons (Fsp3) is 0.375. The Kier molecular flexibility index (Phi) is 9.76. The smallest absolute Gasteiger partial charge is 0.339 e. The highest BCUT2D eigenvalue weighted by Gasteiger charge is 2.31. The van der Waals surface area contributed by atoms with E-state index in [2.05, 4.69) is 16.0 Å². The van der Waals surface area contributed by atoms with E-state index in [-0.39, 0.29) is 18.8 Å². The van der Waals surface area contributed by atoms with Crippen molar-refractivity contribution < 1.29 is 34.3 Å². The third kappa shape index (κ3) is 6.94. The average Bonchev–Trinajstić information content (AvgIpc) is 3.15. The van der Waals surface area contributed by atoms with Crippen LogP contribution in [0.2, 0.25) is 5.02 Å². The molecule has 3 aromatic rings. The number of aliphatic carboxylic acids is 1. The number of carboxylic acid groups (broad SMARTS) is 1. The topological polar surface area (TPSA) is 122 Å². The summed E-state index contributed by atoms with van der Waals surface area (Å²) in [6, 6.07) is 17.0. The number of aliphatic hydroxyl groups excluding tert-OH is 2. The van der Waals surface area contributed by atoms with E-state index in [0.717, 1.165) is 42.6 Å². The van der Waals surface area contributed by atoms with Crippen molar-refractivity contribution in [1.82, 2.24) is 9.88 Å². The Morgan fingerprint density at radius 2 is 2.02 bits per heavy atom. The predicted octanol–water partition coefficient (Wildman–Crippen LogP) is 5.24. The number of rotatable bonds is 10. The molecule has 0 radical (unpaired) electrons. The van der Waals surface area contributed by atoms with Gasteiger partial charge in [0.05, 0.1) is 6.10 Å². The number of hydrogen-bond donors (Lipinski definition) is 3. The van der Waals surface area contributed by atoms with Gasteiger partial charge in [-0.2, -0.15) is 0 Å². The highest BCUT2D eigenvalue weighted by Crippen LogP contribution is 2.42. The lowest BCUT2D eigenvalue weighted by Crippen LogP contribution is -2.40. The van der Waals surface area contributed by atoms with Crippen LogP contribution in [-0.2, 0) is 16.0 Å². The summed E-state index contributed by atoms with van der Waals surface area (Å²) in [6.07, 6.45) is 2.80. The number of benzene rings is 2. The fourth-order valence-electron chi connectivity index (χ4n) is 5.51. The van der Waals surface area contributed by atoms with Crippen LogP contribution in [0.15, 0.2) is 66.9 Å². The van der Waals surface area contributed by atoms with Crippen molar-refractivity contribution in [2.45, 2.75) is 57.1 Å². The summed E-state index contributed by atoms with van der Waals surface area (Å²) in [4.78, 5) is 18.3. The molecule has 1 aromatic heterocycles. The van der Waals surface area contributed by atoms with E-state index in [1.807, 2.05) is 42.5 Å². The van der Waals surface area contributed by atoms with Crippen molar-refractivity contribution in [3.63, 3.8) is 0 Å². The number of nitrogens with zero attached hydrogens (tertiary/aromatic N) is 2. The zero-order valence-electron chi connectivity index (χ0n) is 23.4. The Balaban J connectivity index is 1.41. The van der Waals surface area contributed by atoms with Gasteiger partial charge in [-0.05, 0) is 73.7 Å². The zero-order chi connectivity index (χ0) is 29.6. The van der Waals surface area contributed by atoms with Crippen LogP contribution < -0.4 is 9.47 Å². The first-order valence-corrected chi connectivity index (χ1v) is 14.5. The number of hydrogen-bond acceptors (Lipinski definition) is 8. The van der Waals surface area contributed by atoms with Crippen molar-refractivity contribution >= 4 is 23.1 Å². The number of ether oxygens (including phenoxy) is 3. The molecule has 0 spiro atoms. The van der Waals surface area contributed by atoms with Gasteiger partial charge in [-0.3, -0.25) is 4.90 Å². The molecule has 1 saturated heterocycles. The normalized spacial score (nSPS) is 21.0. The Morgan fingerprint density at radius 3 is 2.79 bits per heavy atom. The predicted molar refractivity (Wildman–Crippen MR) is 158 cm³/mol. The summed E-state index contributed by atoms with van der Waals surface area (Å²) >= 11 is 6.12. The van der Waals surface area contributed by atoms with Crippen LogP contribution in [0.4, 0.5) is 0 Å². The first-order valence-electron chi connectivity index (χ1n) is 14.1. The second-order valence-corrected chi connectivity index (χ2v) is 10.8. The number of halogens is 1. The Bertz CT molecular complexity index is 1410. The zero-order valence-corrected chi connectivity index (χ0v) is 24.1. The summed E-state index contributed by atoms with van der Waals surface area (Å²) in [6.45, 7) is 3.42. The first-order chi connectivity index (χ1) is 20.3. The van der Waals surface area contributed by atoms with E-state index in [1.54, 1.807) is 25.3 Å². The molecule has 3 heterocycles. The highest BCUT2D eigenvalue weighted by molar-refractivity contribution is 6.30. The van der Waals surface area contributed by atoms with Gasteiger partial charge in [-0.25, -0.2) is 9.78 Å². The first kappa shape index (κ1) is 30.0. The molecule has 0 saturated carbocycles. The van der Waals surface area contributed by atoms with Gasteiger partial charge >= 0.3 is 5.97 Å². The van der Waals surface area contributed by atoms with Crippen LogP contribution in [0.25, 0.3) is 5.57 Å². The van der Waals surface area contributed by atoms with Crippen molar-refractivity contribution in [2.24, 2.45) is 0 Å². The van der Waals surface area contributed by atoms with Crippen LogP contribution in [0.3, 0.4) is 0 Å². The molecule has 0 aliphatic carbocycles. The number of carbonyl (C=O) groups is 1. The van der Waals surface area contributed by atoms with Gasteiger partial charge in [0.1, 0.15) is 11.5 Å². The molecule has 1 fully saturated rings. The lowest BCUT2D eigenvalue weighted by atomic mass is 9.93.